The zero-order chi connectivity index (χ0) is 19.8. The van der Waals surface area contributed by atoms with Crippen LogP contribution in [0.5, 0.6) is 0 Å². The van der Waals surface area contributed by atoms with Crippen molar-refractivity contribution in [3.63, 3.8) is 0 Å². The van der Waals surface area contributed by atoms with Gasteiger partial charge >= 0.3 is 6.03 Å². The molecule has 0 saturated carbocycles. The van der Waals surface area contributed by atoms with Gasteiger partial charge in [0, 0.05) is 18.3 Å². The van der Waals surface area contributed by atoms with Crippen molar-refractivity contribution in [2.45, 2.75) is 47.1 Å². The number of rotatable bonds is 9. The van der Waals surface area contributed by atoms with E-state index in [-0.39, 0.29) is 6.03 Å². The lowest BCUT2D eigenvalue weighted by Crippen LogP contribution is -2.45. The molecule has 0 aliphatic rings. The molecule has 2 amide bonds. The van der Waals surface area contributed by atoms with E-state index in [1.54, 1.807) is 4.68 Å². The van der Waals surface area contributed by atoms with Gasteiger partial charge in [-0.15, -0.1) is 5.10 Å². The van der Waals surface area contributed by atoms with Gasteiger partial charge in [-0.1, -0.05) is 33.8 Å². The normalized spacial score (nSPS) is 12.4. The SMILES string of the molecule is CCN(CC)C(CNC(=O)Nc1cccc(-n2nnnc2C)c1)CC(C)C. The summed E-state index contributed by atoms with van der Waals surface area (Å²) in [6.45, 7) is 13.1. The molecule has 0 spiro atoms. The van der Waals surface area contributed by atoms with Gasteiger partial charge in [-0.05, 0) is 61.0 Å². The molecule has 0 bridgehead atoms. The minimum Gasteiger partial charge on any atom is -0.336 e. The summed E-state index contributed by atoms with van der Waals surface area (Å²) < 4.78 is 1.63. The van der Waals surface area contributed by atoms with E-state index in [1.165, 1.54) is 0 Å². The van der Waals surface area contributed by atoms with Gasteiger partial charge in [-0.3, -0.25) is 4.90 Å². The highest BCUT2D eigenvalue weighted by Crippen LogP contribution is 2.15. The Morgan fingerprint density at radius 2 is 2.00 bits per heavy atom. The number of benzene rings is 1. The smallest absolute Gasteiger partial charge is 0.319 e. The number of urea groups is 1. The fraction of sp³-hybridized carbons (Fsp3) is 0.579. The number of nitrogens with zero attached hydrogens (tertiary/aromatic N) is 5. The highest BCUT2D eigenvalue weighted by molar-refractivity contribution is 5.89. The highest BCUT2D eigenvalue weighted by atomic mass is 16.2. The molecule has 0 aliphatic heterocycles. The van der Waals surface area contributed by atoms with E-state index in [9.17, 15) is 4.79 Å². The van der Waals surface area contributed by atoms with Gasteiger partial charge in [0.2, 0.25) is 0 Å². The van der Waals surface area contributed by atoms with E-state index in [0.29, 0.717) is 30.0 Å². The quantitative estimate of drug-likeness (QED) is 0.706. The topological polar surface area (TPSA) is 88.0 Å². The monoisotopic (exact) mass is 373 g/mol. The molecule has 1 aromatic carbocycles. The first kappa shape index (κ1) is 20.8. The third-order valence-electron chi connectivity index (χ3n) is 4.54. The van der Waals surface area contributed by atoms with Crippen LogP contribution in [0.25, 0.3) is 5.69 Å². The van der Waals surface area contributed by atoms with Crippen LogP contribution < -0.4 is 10.6 Å². The molecule has 8 nitrogen and oxygen atoms in total. The Labute approximate surface area is 161 Å². The lowest BCUT2D eigenvalue weighted by Gasteiger charge is -2.31. The lowest BCUT2D eigenvalue weighted by molar-refractivity contribution is 0.186. The van der Waals surface area contributed by atoms with Crippen molar-refractivity contribution in [3.05, 3.63) is 30.1 Å². The molecule has 148 valence electrons. The third-order valence-corrected chi connectivity index (χ3v) is 4.54. The van der Waals surface area contributed by atoms with E-state index >= 15 is 0 Å². The molecule has 0 aliphatic carbocycles. The number of likely N-dealkylation sites (N-methyl/N-ethyl adjacent to an activating group) is 1. The second kappa shape index (κ2) is 10.0. The Morgan fingerprint density at radius 3 is 2.59 bits per heavy atom. The molecule has 1 atom stereocenters. The van der Waals surface area contributed by atoms with E-state index in [0.717, 1.165) is 25.2 Å². The van der Waals surface area contributed by atoms with Gasteiger partial charge in [0.05, 0.1) is 5.69 Å². The molecule has 1 aromatic heterocycles. The summed E-state index contributed by atoms with van der Waals surface area (Å²) in [6, 6.07) is 7.58. The van der Waals surface area contributed by atoms with Crippen LogP contribution in [-0.2, 0) is 0 Å². The van der Waals surface area contributed by atoms with Crippen LogP contribution in [0.4, 0.5) is 10.5 Å². The first-order chi connectivity index (χ1) is 12.9. The Hall–Kier alpha value is -2.48. The van der Waals surface area contributed by atoms with Crippen molar-refractivity contribution in [3.8, 4) is 5.69 Å². The number of aromatic nitrogens is 4. The zero-order valence-electron chi connectivity index (χ0n) is 16.9. The van der Waals surface area contributed by atoms with E-state index in [1.807, 2.05) is 31.2 Å². The maximum absolute atomic E-state index is 12.4. The molecule has 1 unspecified atom stereocenters. The molecule has 2 N–H and O–H groups in total. The number of aryl methyl sites for hydroxylation is 1. The van der Waals surface area contributed by atoms with Gasteiger partial charge in [0.1, 0.15) is 0 Å². The molecule has 2 aromatic rings. The van der Waals surface area contributed by atoms with Crippen LogP contribution in [0.2, 0.25) is 0 Å². The summed E-state index contributed by atoms with van der Waals surface area (Å²) >= 11 is 0. The first-order valence-corrected chi connectivity index (χ1v) is 9.58. The molecule has 8 heteroatoms. The van der Waals surface area contributed by atoms with Crippen LogP contribution in [0.3, 0.4) is 0 Å². The third kappa shape index (κ3) is 6.02. The summed E-state index contributed by atoms with van der Waals surface area (Å²) in [6.07, 6.45) is 1.05. The van der Waals surface area contributed by atoms with E-state index in [4.69, 9.17) is 0 Å². The number of carbonyl (C=O) groups excluding carboxylic acids is 1. The van der Waals surface area contributed by atoms with Gasteiger partial charge in [-0.2, -0.15) is 4.68 Å². The molecule has 0 fully saturated rings. The Morgan fingerprint density at radius 1 is 1.26 bits per heavy atom. The van der Waals surface area contributed by atoms with Crippen molar-refractivity contribution in [1.82, 2.24) is 30.4 Å². The summed E-state index contributed by atoms with van der Waals surface area (Å²) in [7, 11) is 0. The standard InChI is InChI=1S/C19H31N7O/c1-6-25(7-2)18(11-14(3)4)13-20-19(27)21-16-9-8-10-17(12-16)26-15(5)22-23-24-26/h8-10,12,14,18H,6-7,11,13H2,1-5H3,(H2,20,21,27). The second-order valence-electron chi connectivity index (χ2n) is 7.03. The van der Waals surface area contributed by atoms with Crippen molar-refractivity contribution >= 4 is 11.7 Å². The molecule has 2 rings (SSSR count). The van der Waals surface area contributed by atoms with Crippen molar-refractivity contribution in [2.75, 3.05) is 25.0 Å². The van der Waals surface area contributed by atoms with Crippen LogP contribution in [0, 0.1) is 12.8 Å². The first-order valence-electron chi connectivity index (χ1n) is 9.58. The second-order valence-corrected chi connectivity index (χ2v) is 7.03. The fourth-order valence-corrected chi connectivity index (χ4v) is 3.22. The predicted octanol–water partition coefficient (Wildman–Crippen LogP) is 2.85. The average Bonchev–Trinajstić information content (AvgIpc) is 3.06. The van der Waals surface area contributed by atoms with Crippen molar-refractivity contribution < 1.29 is 4.79 Å². The summed E-state index contributed by atoms with van der Waals surface area (Å²) in [5, 5.41) is 17.4. The van der Waals surface area contributed by atoms with Crippen molar-refractivity contribution in [1.29, 1.82) is 0 Å². The van der Waals surface area contributed by atoms with Gasteiger partial charge in [0.15, 0.2) is 5.82 Å². The molecule has 27 heavy (non-hydrogen) atoms. The molecular formula is C19H31N7O. The minimum atomic E-state index is -0.207. The maximum atomic E-state index is 12.4. The average molecular weight is 374 g/mol. The molecule has 1 heterocycles. The molecule has 0 radical (unpaired) electrons. The number of hydrogen-bond acceptors (Lipinski definition) is 5. The van der Waals surface area contributed by atoms with Crippen molar-refractivity contribution in [2.24, 2.45) is 5.92 Å². The number of hydrogen-bond donors (Lipinski definition) is 2. The number of carbonyl (C=O) groups is 1. The van der Waals surface area contributed by atoms with Gasteiger partial charge in [-0.25, -0.2) is 4.79 Å². The van der Waals surface area contributed by atoms with Gasteiger partial charge < -0.3 is 10.6 Å². The Bertz CT molecular complexity index is 724. The van der Waals surface area contributed by atoms with Crippen LogP contribution >= 0.6 is 0 Å². The highest BCUT2D eigenvalue weighted by Gasteiger charge is 2.18. The zero-order valence-corrected chi connectivity index (χ0v) is 16.9. The minimum absolute atomic E-state index is 0.207. The predicted molar refractivity (Wildman–Crippen MR) is 107 cm³/mol. The summed E-state index contributed by atoms with van der Waals surface area (Å²) in [5.41, 5.74) is 1.50. The van der Waals surface area contributed by atoms with Crippen LogP contribution in [0.1, 0.15) is 39.9 Å². The van der Waals surface area contributed by atoms with Crippen LogP contribution in [0.15, 0.2) is 24.3 Å². The number of amides is 2. The Balaban J connectivity index is 1.97. The largest absolute Gasteiger partial charge is 0.336 e. The van der Waals surface area contributed by atoms with Crippen LogP contribution in [-0.4, -0.2) is 56.8 Å². The number of anilines is 1. The van der Waals surface area contributed by atoms with Gasteiger partial charge in [0.25, 0.3) is 0 Å². The maximum Gasteiger partial charge on any atom is 0.319 e. The number of tetrazole rings is 1. The summed E-state index contributed by atoms with van der Waals surface area (Å²) in [4.78, 5) is 14.8. The van der Waals surface area contributed by atoms with E-state index in [2.05, 4.69) is 58.8 Å². The fourth-order valence-electron chi connectivity index (χ4n) is 3.22. The lowest BCUT2D eigenvalue weighted by atomic mass is 10.0. The summed E-state index contributed by atoms with van der Waals surface area (Å²) in [5.74, 6) is 1.27. The Kier molecular flexibility index (Phi) is 7.72. The number of nitrogens with one attached hydrogen (secondary N) is 2. The van der Waals surface area contributed by atoms with E-state index < -0.39 is 0 Å². The molecule has 0 saturated heterocycles. The molecular weight excluding hydrogens is 342 g/mol.